The van der Waals surface area contributed by atoms with Crippen molar-refractivity contribution < 1.29 is 9.32 Å². The van der Waals surface area contributed by atoms with Crippen molar-refractivity contribution in [1.82, 2.24) is 36.0 Å². The summed E-state index contributed by atoms with van der Waals surface area (Å²) >= 11 is 0. The summed E-state index contributed by atoms with van der Waals surface area (Å²) in [5.41, 5.74) is -0.278. The third-order valence-electron chi connectivity index (χ3n) is 4.46. The quantitative estimate of drug-likeness (QED) is 0.765. The van der Waals surface area contributed by atoms with Gasteiger partial charge in [0.25, 0.3) is 0 Å². The number of rotatable bonds is 4. The summed E-state index contributed by atoms with van der Waals surface area (Å²) in [6.45, 7) is 9.04. The molecule has 0 saturated carbocycles. The van der Waals surface area contributed by atoms with E-state index in [0.29, 0.717) is 23.6 Å². The summed E-state index contributed by atoms with van der Waals surface area (Å²) in [5, 5.41) is 16.9. The zero-order valence-corrected chi connectivity index (χ0v) is 15.0. The van der Waals surface area contributed by atoms with Crippen molar-refractivity contribution in [2.75, 3.05) is 6.54 Å². The van der Waals surface area contributed by atoms with Gasteiger partial charge in [-0.15, -0.1) is 0 Å². The molecule has 136 valence electrons. The second kappa shape index (κ2) is 6.91. The van der Waals surface area contributed by atoms with Crippen LogP contribution in [-0.4, -0.2) is 43.8 Å². The number of H-pyrrole nitrogens is 1. The SMILES string of the molecule is C[C@H]1C[C@@H](C(=O)NC(c2nc(-c3ncn[nH]3)no2)C(C)(C)C)CCN1. The van der Waals surface area contributed by atoms with Crippen LogP contribution in [0.25, 0.3) is 11.6 Å². The molecule has 3 atom stereocenters. The molecule has 1 aliphatic rings. The van der Waals surface area contributed by atoms with Gasteiger partial charge in [0, 0.05) is 12.0 Å². The van der Waals surface area contributed by atoms with E-state index < -0.39 is 0 Å². The topological polar surface area (TPSA) is 122 Å². The third kappa shape index (κ3) is 4.04. The standard InChI is InChI=1S/C16H25N7O2/c1-9-7-10(5-6-17-9)14(24)20-11(16(2,3)4)15-21-13(23-25-15)12-18-8-19-22-12/h8-11,17H,5-7H2,1-4H3,(H,20,24)(H,18,19,22)/t9-,10-,11?/m0/s1. The van der Waals surface area contributed by atoms with Crippen molar-refractivity contribution in [2.45, 2.75) is 52.6 Å². The Morgan fingerprint density at radius 1 is 1.44 bits per heavy atom. The van der Waals surface area contributed by atoms with Crippen LogP contribution < -0.4 is 10.6 Å². The second-order valence-corrected chi connectivity index (χ2v) is 7.67. The second-order valence-electron chi connectivity index (χ2n) is 7.67. The highest BCUT2D eigenvalue weighted by Crippen LogP contribution is 2.33. The molecule has 1 aliphatic heterocycles. The average molecular weight is 347 g/mol. The first-order valence-corrected chi connectivity index (χ1v) is 8.57. The zero-order chi connectivity index (χ0) is 18.0. The number of carbonyl (C=O) groups is 1. The van der Waals surface area contributed by atoms with Crippen LogP contribution in [0.4, 0.5) is 0 Å². The van der Waals surface area contributed by atoms with Crippen molar-refractivity contribution in [3.8, 4) is 11.6 Å². The van der Waals surface area contributed by atoms with Crippen LogP contribution in [0.5, 0.6) is 0 Å². The molecule has 9 heteroatoms. The van der Waals surface area contributed by atoms with Gasteiger partial charge in [-0.25, -0.2) is 4.98 Å². The highest BCUT2D eigenvalue weighted by molar-refractivity contribution is 5.79. The van der Waals surface area contributed by atoms with E-state index in [1.54, 1.807) is 0 Å². The molecule has 2 aromatic heterocycles. The Morgan fingerprint density at radius 2 is 2.24 bits per heavy atom. The number of aromatic nitrogens is 5. The van der Waals surface area contributed by atoms with Gasteiger partial charge < -0.3 is 15.2 Å². The van der Waals surface area contributed by atoms with E-state index in [9.17, 15) is 4.79 Å². The normalized spacial score (nSPS) is 22.6. The van der Waals surface area contributed by atoms with Crippen LogP contribution in [0.1, 0.15) is 52.5 Å². The van der Waals surface area contributed by atoms with E-state index >= 15 is 0 Å². The lowest BCUT2D eigenvalue weighted by Gasteiger charge is -2.32. The van der Waals surface area contributed by atoms with Crippen molar-refractivity contribution in [2.24, 2.45) is 11.3 Å². The van der Waals surface area contributed by atoms with Crippen LogP contribution in [-0.2, 0) is 4.79 Å². The molecule has 0 bridgehead atoms. The van der Waals surface area contributed by atoms with E-state index in [1.165, 1.54) is 6.33 Å². The fourth-order valence-corrected chi connectivity index (χ4v) is 3.04. The zero-order valence-electron chi connectivity index (χ0n) is 15.0. The van der Waals surface area contributed by atoms with Gasteiger partial charge in [-0.2, -0.15) is 10.1 Å². The Kier molecular flexibility index (Phi) is 4.85. The van der Waals surface area contributed by atoms with Gasteiger partial charge in [0.05, 0.1) is 0 Å². The fourth-order valence-electron chi connectivity index (χ4n) is 3.04. The molecule has 1 fully saturated rings. The van der Waals surface area contributed by atoms with Crippen LogP contribution >= 0.6 is 0 Å². The number of aromatic amines is 1. The molecule has 1 amide bonds. The number of amides is 1. The average Bonchev–Trinajstić information content (AvgIpc) is 3.22. The molecule has 9 nitrogen and oxygen atoms in total. The monoisotopic (exact) mass is 347 g/mol. The lowest BCUT2D eigenvalue weighted by Crippen LogP contribution is -2.45. The first-order chi connectivity index (χ1) is 11.8. The number of nitrogens with zero attached hydrogens (tertiary/aromatic N) is 4. The molecule has 3 heterocycles. The molecular formula is C16H25N7O2. The molecule has 2 aromatic rings. The fraction of sp³-hybridized carbons (Fsp3) is 0.688. The predicted octanol–water partition coefficient (Wildman–Crippen LogP) is 1.45. The number of carbonyl (C=O) groups excluding carboxylic acids is 1. The number of nitrogens with one attached hydrogen (secondary N) is 3. The Hall–Kier alpha value is -2.29. The molecule has 3 rings (SSSR count). The van der Waals surface area contributed by atoms with Crippen molar-refractivity contribution in [1.29, 1.82) is 0 Å². The van der Waals surface area contributed by atoms with E-state index in [-0.39, 0.29) is 23.3 Å². The number of hydrogen-bond donors (Lipinski definition) is 3. The van der Waals surface area contributed by atoms with E-state index in [1.807, 2.05) is 20.8 Å². The van der Waals surface area contributed by atoms with Gasteiger partial charge in [-0.3, -0.25) is 9.89 Å². The molecule has 0 aromatic carbocycles. The van der Waals surface area contributed by atoms with Gasteiger partial charge in [-0.1, -0.05) is 25.9 Å². The minimum atomic E-state index is -0.380. The predicted molar refractivity (Wildman–Crippen MR) is 90.2 cm³/mol. The van der Waals surface area contributed by atoms with Crippen LogP contribution in [0.2, 0.25) is 0 Å². The summed E-state index contributed by atoms with van der Waals surface area (Å²) in [6, 6.07) is -0.0339. The lowest BCUT2D eigenvalue weighted by molar-refractivity contribution is -0.128. The number of hydrogen-bond acceptors (Lipinski definition) is 7. The van der Waals surface area contributed by atoms with E-state index in [2.05, 4.69) is 42.9 Å². The molecule has 0 spiro atoms. The Morgan fingerprint density at radius 3 is 2.88 bits per heavy atom. The van der Waals surface area contributed by atoms with E-state index in [0.717, 1.165) is 19.4 Å². The van der Waals surface area contributed by atoms with Gasteiger partial charge in [0.15, 0.2) is 5.82 Å². The Balaban J connectivity index is 1.77. The van der Waals surface area contributed by atoms with Gasteiger partial charge in [0.2, 0.25) is 17.6 Å². The summed E-state index contributed by atoms with van der Waals surface area (Å²) in [4.78, 5) is 21.2. The van der Waals surface area contributed by atoms with Crippen LogP contribution in [0, 0.1) is 11.3 Å². The summed E-state index contributed by atoms with van der Waals surface area (Å²) < 4.78 is 5.41. The molecule has 3 N–H and O–H groups in total. The van der Waals surface area contributed by atoms with Crippen LogP contribution in [0.3, 0.4) is 0 Å². The van der Waals surface area contributed by atoms with Crippen molar-refractivity contribution in [3.05, 3.63) is 12.2 Å². The molecular weight excluding hydrogens is 322 g/mol. The molecule has 0 radical (unpaired) electrons. The minimum Gasteiger partial charge on any atom is -0.344 e. The van der Waals surface area contributed by atoms with Gasteiger partial charge in [-0.05, 0) is 31.7 Å². The molecule has 1 saturated heterocycles. The highest BCUT2D eigenvalue weighted by Gasteiger charge is 2.35. The van der Waals surface area contributed by atoms with Crippen LogP contribution in [0.15, 0.2) is 10.9 Å². The minimum absolute atomic E-state index is 0.00207. The van der Waals surface area contributed by atoms with Gasteiger partial charge in [0.1, 0.15) is 12.4 Å². The maximum atomic E-state index is 12.8. The first kappa shape index (κ1) is 17.5. The van der Waals surface area contributed by atoms with Crippen molar-refractivity contribution >= 4 is 5.91 Å². The maximum Gasteiger partial charge on any atom is 0.250 e. The lowest BCUT2D eigenvalue weighted by atomic mass is 9.85. The third-order valence-corrected chi connectivity index (χ3v) is 4.46. The largest absolute Gasteiger partial charge is 0.344 e. The number of piperidine rings is 1. The highest BCUT2D eigenvalue weighted by atomic mass is 16.5. The molecule has 0 aliphatic carbocycles. The molecule has 1 unspecified atom stereocenters. The van der Waals surface area contributed by atoms with Gasteiger partial charge >= 0.3 is 0 Å². The molecule has 25 heavy (non-hydrogen) atoms. The summed E-state index contributed by atoms with van der Waals surface area (Å²) in [7, 11) is 0. The summed E-state index contributed by atoms with van der Waals surface area (Å²) in [5.74, 6) is 1.16. The van der Waals surface area contributed by atoms with E-state index in [4.69, 9.17) is 4.52 Å². The Labute approximate surface area is 146 Å². The summed E-state index contributed by atoms with van der Waals surface area (Å²) in [6.07, 6.45) is 3.04. The van der Waals surface area contributed by atoms with Crippen molar-refractivity contribution in [3.63, 3.8) is 0 Å². The first-order valence-electron chi connectivity index (χ1n) is 8.57. The Bertz CT molecular complexity index is 704. The maximum absolute atomic E-state index is 12.8. The smallest absolute Gasteiger partial charge is 0.250 e.